The maximum absolute atomic E-state index is 12.8. The van der Waals surface area contributed by atoms with Crippen molar-refractivity contribution in [2.24, 2.45) is 0 Å². The zero-order valence-corrected chi connectivity index (χ0v) is 21.7. The maximum atomic E-state index is 12.8. The summed E-state index contributed by atoms with van der Waals surface area (Å²) in [5.74, 6) is 0.916. The molecule has 1 fully saturated rings. The van der Waals surface area contributed by atoms with Crippen molar-refractivity contribution in [3.63, 3.8) is 0 Å². The summed E-state index contributed by atoms with van der Waals surface area (Å²) in [6.07, 6.45) is 2.45. The second-order valence-electron chi connectivity index (χ2n) is 8.00. The Bertz CT molecular complexity index is 1270. The molecule has 5 nitrogen and oxygen atoms in total. The van der Waals surface area contributed by atoms with E-state index in [1.54, 1.807) is 6.08 Å². The average Bonchev–Trinajstić information content (AvgIpc) is 3.10. The zero-order valence-electron chi connectivity index (χ0n) is 19.3. The molecule has 0 aliphatic carbocycles. The Labute approximate surface area is 212 Å². The number of thioether (sulfide) groups is 1. The van der Waals surface area contributed by atoms with E-state index in [1.165, 1.54) is 4.90 Å². The van der Waals surface area contributed by atoms with Gasteiger partial charge in [-0.1, -0.05) is 49.4 Å². The molecule has 34 heavy (non-hydrogen) atoms. The molecule has 0 bridgehead atoms. The molecule has 7 heteroatoms. The number of hydrogen-bond acceptors (Lipinski definition) is 5. The summed E-state index contributed by atoms with van der Waals surface area (Å²) in [4.78, 5) is 26.9. The van der Waals surface area contributed by atoms with Crippen LogP contribution in [-0.2, 0) is 11.4 Å². The molecule has 3 aromatic rings. The average molecular weight is 540 g/mol. The molecule has 4 rings (SSSR count). The zero-order chi connectivity index (χ0) is 24.2. The number of ether oxygens (including phenoxy) is 2. The molecular formula is C27H26BrNO4S. The van der Waals surface area contributed by atoms with Gasteiger partial charge < -0.3 is 9.47 Å². The second-order valence-corrected chi connectivity index (χ2v) is 9.85. The van der Waals surface area contributed by atoms with Crippen molar-refractivity contribution in [3.05, 3.63) is 75.1 Å². The van der Waals surface area contributed by atoms with Crippen LogP contribution in [0.1, 0.15) is 38.3 Å². The van der Waals surface area contributed by atoms with Gasteiger partial charge in [0.1, 0.15) is 6.61 Å². The lowest BCUT2D eigenvalue weighted by molar-refractivity contribution is -0.124. The molecule has 0 unspecified atom stereocenters. The summed E-state index contributed by atoms with van der Waals surface area (Å²) in [5, 5.41) is 2.08. The SMILES string of the molecule is CCOc1cc(/C=C2/SC(=O)N([C@@H](C)CC)C2=O)cc(Br)c1OCc1cccc2ccccc12. The predicted octanol–water partition coefficient (Wildman–Crippen LogP) is 7.41. The van der Waals surface area contributed by atoms with E-state index in [2.05, 4.69) is 40.2 Å². The fourth-order valence-electron chi connectivity index (χ4n) is 3.84. The predicted molar refractivity (Wildman–Crippen MR) is 141 cm³/mol. The van der Waals surface area contributed by atoms with Gasteiger partial charge in [-0.3, -0.25) is 14.5 Å². The lowest BCUT2D eigenvalue weighted by Crippen LogP contribution is -2.36. The van der Waals surface area contributed by atoms with Gasteiger partial charge in [-0.2, -0.15) is 0 Å². The highest BCUT2D eigenvalue weighted by atomic mass is 79.9. The fraction of sp³-hybridized carbons (Fsp3) is 0.259. The van der Waals surface area contributed by atoms with Crippen LogP contribution >= 0.6 is 27.7 Å². The smallest absolute Gasteiger partial charge is 0.293 e. The standard InChI is InChI=1S/C27H26BrNO4S/c1-4-17(3)29-26(30)24(34-27(29)31)15-18-13-22(28)25(23(14-18)32-5-2)33-16-20-11-8-10-19-9-6-7-12-21(19)20/h6-15,17H,4-5,16H2,1-3H3/b24-15+/t17-/m0/s1. The van der Waals surface area contributed by atoms with Crippen LogP contribution in [-0.4, -0.2) is 28.7 Å². The Balaban J connectivity index is 1.62. The number of rotatable bonds is 8. The van der Waals surface area contributed by atoms with Crippen molar-refractivity contribution < 1.29 is 19.1 Å². The number of nitrogens with zero attached hydrogens (tertiary/aromatic N) is 1. The summed E-state index contributed by atoms with van der Waals surface area (Å²) >= 11 is 4.58. The molecule has 1 aliphatic heterocycles. The summed E-state index contributed by atoms with van der Waals surface area (Å²) < 4.78 is 12.8. The minimum Gasteiger partial charge on any atom is -0.490 e. The van der Waals surface area contributed by atoms with Gasteiger partial charge >= 0.3 is 0 Å². The molecule has 1 heterocycles. The maximum Gasteiger partial charge on any atom is 0.293 e. The largest absolute Gasteiger partial charge is 0.490 e. The van der Waals surface area contributed by atoms with E-state index in [0.717, 1.165) is 33.7 Å². The van der Waals surface area contributed by atoms with Gasteiger partial charge in [-0.15, -0.1) is 0 Å². The Morgan fingerprint density at radius 2 is 1.82 bits per heavy atom. The van der Waals surface area contributed by atoms with Crippen LogP contribution in [0.25, 0.3) is 16.8 Å². The summed E-state index contributed by atoms with van der Waals surface area (Å²) in [6.45, 7) is 6.59. The third kappa shape index (κ3) is 5.00. The van der Waals surface area contributed by atoms with E-state index in [4.69, 9.17) is 9.47 Å². The monoisotopic (exact) mass is 539 g/mol. The molecular weight excluding hydrogens is 514 g/mol. The number of amides is 2. The second kappa shape index (κ2) is 10.7. The molecule has 176 valence electrons. The van der Waals surface area contributed by atoms with Crippen LogP contribution < -0.4 is 9.47 Å². The molecule has 0 N–H and O–H groups in total. The Kier molecular flexibility index (Phi) is 7.63. The number of carbonyl (C=O) groups excluding carboxylic acids is 2. The highest BCUT2D eigenvalue weighted by molar-refractivity contribution is 9.10. The van der Waals surface area contributed by atoms with E-state index in [1.807, 2.05) is 51.1 Å². The van der Waals surface area contributed by atoms with E-state index < -0.39 is 0 Å². The Morgan fingerprint density at radius 3 is 2.59 bits per heavy atom. The van der Waals surface area contributed by atoms with Crippen LogP contribution in [0.3, 0.4) is 0 Å². The molecule has 2 amide bonds. The van der Waals surface area contributed by atoms with Gasteiger partial charge in [0.25, 0.3) is 11.1 Å². The highest BCUT2D eigenvalue weighted by Gasteiger charge is 2.37. The molecule has 0 aromatic heterocycles. The van der Waals surface area contributed by atoms with Crippen molar-refractivity contribution in [1.82, 2.24) is 4.90 Å². The quantitative estimate of drug-likeness (QED) is 0.279. The number of halogens is 1. The topological polar surface area (TPSA) is 55.8 Å². The third-order valence-corrected chi connectivity index (χ3v) is 7.21. The Hall–Kier alpha value is -2.77. The van der Waals surface area contributed by atoms with Gasteiger partial charge in [0.15, 0.2) is 11.5 Å². The number of hydrogen-bond donors (Lipinski definition) is 0. The van der Waals surface area contributed by atoms with Gasteiger partial charge in [-0.05, 0) is 88.1 Å². The summed E-state index contributed by atoms with van der Waals surface area (Å²) in [6, 6.07) is 17.9. The Morgan fingerprint density at radius 1 is 1.06 bits per heavy atom. The molecule has 1 saturated heterocycles. The number of fused-ring (bicyclic) bond motifs is 1. The number of carbonyl (C=O) groups is 2. The lowest BCUT2D eigenvalue weighted by atomic mass is 10.1. The molecule has 0 radical (unpaired) electrons. The lowest BCUT2D eigenvalue weighted by Gasteiger charge is -2.19. The van der Waals surface area contributed by atoms with Crippen LogP contribution in [0.15, 0.2) is 64.0 Å². The van der Waals surface area contributed by atoms with Gasteiger partial charge in [-0.25, -0.2) is 0 Å². The van der Waals surface area contributed by atoms with Crippen molar-refractivity contribution in [3.8, 4) is 11.5 Å². The van der Waals surface area contributed by atoms with Crippen LogP contribution in [0.2, 0.25) is 0 Å². The third-order valence-electron chi connectivity index (χ3n) is 5.74. The first-order valence-electron chi connectivity index (χ1n) is 11.3. The number of benzene rings is 3. The summed E-state index contributed by atoms with van der Waals surface area (Å²) in [5.41, 5.74) is 1.83. The van der Waals surface area contributed by atoms with Gasteiger partial charge in [0.2, 0.25) is 0 Å². The minimum atomic E-state index is -0.255. The normalized spacial score (nSPS) is 15.9. The van der Waals surface area contributed by atoms with Crippen LogP contribution in [0, 0.1) is 0 Å². The van der Waals surface area contributed by atoms with Crippen molar-refractivity contribution in [2.75, 3.05) is 6.61 Å². The van der Waals surface area contributed by atoms with E-state index in [9.17, 15) is 9.59 Å². The molecule has 1 aliphatic rings. The van der Waals surface area contributed by atoms with Crippen molar-refractivity contribution >= 4 is 55.7 Å². The number of imide groups is 1. The molecule has 3 aromatic carbocycles. The van der Waals surface area contributed by atoms with Crippen LogP contribution in [0.4, 0.5) is 4.79 Å². The van der Waals surface area contributed by atoms with E-state index >= 15 is 0 Å². The first-order valence-corrected chi connectivity index (χ1v) is 12.9. The van der Waals surface area contributed by atoms with Crippen LogP contribution in [0.5, 0.6) is 11.5 Å². The van der Waals surface area contributed by atoms with Gasteiger partial charge in [0, 0.05) is 6.04 Å². The highest BCUT2D eigenvalue weighted by Crippen LogP contribution is 2.40. The van der Waals surface area contributed by atoms with E-state index in [-0.39, 0.29) is 17.2 Å². The molecule has 0 saturated carbocycles. The van der Waals surface area contributed by atoms with Crippen molar-refractivity contribution in [2.45, 2.75) is 39.8 Å². The van der Waals surface area contributed by atoms with Crippen molar-refractivity contribution in [1.29, 1.82) is 0 Å². The van der Waals surface area contributed by atoms with E-state index in [0.29, 0.717) is 40.5 Å². The minimum absolute atomic E-state index is 0.131. The fourth-order valence-corrected chi connectivity index (χ4v) is 5.34. The molecule has 0 spiro atoms. The van der Waals surface area contributed by atoms with Gasteiger partial charge in [0.05, 0.1) is 16.0 Å². The first-order chi connectivity index (χ1) is 16.4. The summed E-state index contributed by atoms with van der Waals surface area (Å²) in [7, 11) is 0. The molecule has 1 atom stereocenters. The first kappa shape index (κ1) is 24.4.